The Hall–Kier alpha value is -0.550. The van der Waals surface area contributed by atoms with Crippen molar-refractivity contribution in [3.05, 3.63) is 34.7 Å². The standard InChI is InChI=1S/C15H20N2S2/c1-11-10-18-7-6-17(11)9-13-12-4-2-3-5-14(12)19-15(13)8-16/h2-5,11H,6-10,16H2,1H3. The van der Waals surface area contributed by atoms with Crippen molar-refractivity contribution in [2.24, 2.45) is 5.73 Å². The lowest BCUT2D eigenvalue weighted by molar-refractivity contribution is 0.224. The maximum atomic E-state index is 5.94. The molecule has 0 saturated carbocycles. The van der Waals surface area contributed by atoms with Crippen molar-refractivity contribution in [2.45, 2.75) is 26.1 Å². The van der Waals surface area contributed by atoms with Gasteiger partial charge in [0, 0.05) is 46.8 Å². The van der Waals surface area contributed by atoms with Crippen molar-refractivity contribution in [1.29, 1.82) is 0 Å². The fraction of sp³-hybridized carbons (Fsp3) is 0.467. The molecule has 1 aliphatic heterocycles. The Labute approximate surface area is 123 Å². The smallest absolute Gasteiger partial charge is 0.0349 e. The van der Waals surface area contributed by atoms with Crippen LogP contribution in [0, 0.1) is 0 Å². The highest BCUT2D eigenvalue weighted by atomic mass is 32.2. The van der Waals surface area contributed by atoms with E-state index in [1.807, 2.05) is 11.3 Å². The van der Waals surface area contributed by atoms with Crippen LogP contribution in [0.25, 0.3) is 10.1 Å². The maximum Gasteiger partial charge on any atom is 0.0349 e. The van der Waals surface area contributed by atoms with Gasteiger partial charge in [-0.1, -0.05) is 18.2 Å². The van der Waals surface area contributed by atoms with Gasteiger partial charge in [-0.2, -0.15) is 11.8 Å². The van der Waals surface area contributed by atoms with Crippen molar-refractivity contribution >= 4 is 33.2 Å². The van der Waals surface area contributed by atoms with Gasteiger partial charge in [0.1, 0.15) is 0 Å². The number of nitrogens with zero attached hydrogens (tertiary/aromatic N) is 1. The molecular formula is C15H20N2S2. The zero-order valence-corrected chi connectivity index (χ0v) is 12.9. The van der Waals surface area contributed by atoms with Gasteiger partial charge in [-0.25, -0.2) is 0 Å². The van der Waals surface area contributed by atoms with Crippen molar-refractivity contribution < 1.29 is 0 Å². The molecule has 2 heterocycles. The van der Waals surface area contributed by atoms with Crippen LogP contribution < -0.4 is 5.73 Å². The molecule has 2 N–H and O–H groups in total. The fourth-order valence-electron chi connectivity index (χ4n) is 2.69. The normalized spacial score (nSPS) is 21.1. The third-order valence-corrected chi connectivity index (χ3v) is 6.26. The Kier molecular flexibility index (Phi) is 4.12. The summed E-state index contributed by atoms with van der Waals surface area (Å²) in [5.74, 6) is 2.50. The summed E-state index contributed by atoms with van der Waals surface area (Å²) in [4.78, 5) is 3.95. The second-order valence-electron chi connectivity index (χ2n) is 5.10. The predicted molar refractivity (Wildman–Crippen MR) is 86.9 cm³/mol. The number of nitrogens with two attached hydrogens (primary N) is 1. The van der Waals surface area contributed by atoms with Gasteiger partial charge < -0.3 is 5.73 Å². The first-order valence-electron chi connectivity index (χ1n) is 6.80. The number of hydrogen-bond acceptors (Lipinski definition) is 4. The van der Waals surface area contributed by atoms with Gasteiger partial charge in [-0.3, -0.25) is 4.90 Å². The van der Waals surface area contributed by atoms with Crippen molar-refractivity contribution in [3.8, 4) is 0 Å². The summed E-state index contributed by atoms with van der Waals surface area (Å²) >= 11 is 3.93. The Bertz CT molecular complexity index is 564. The van der Waals surface area contributed by atoms with Gasteiger partial charge in [-0.05, 0) is 23.9 Å². The number of hydrogen-bond donors (Lipinski definition) is 1. The van der Waals surface area contributed by atoms with Gasteiger partial charge in [0.05, 0.1) is 0 Å². The van der Waals surface area contributed by atoms with E-state index in [9.17, 15) is 0 Å². The molecule has 0 bridgehead atoms. The average Bonchev–Trinajstić information content (AvgIpc) is 2.79. The molecule has 1 saturated heterocycles. The number of fused-ring (bicyclic) bond motifs is 1. The molecule has 0 radical (unpaired) electrons. The SMILES string of the molecule is CC1CSCCN1Cc1c(CN)sc2ccccc12. The topological polar surface area (TPSA) is 29.3 Å². The number of thioether (sulfide) groups is 1. The molecule has 3 rings (SSSR count). The Morgan fingerprint density at radius 1 is 1.37 bits per heavy atom. The predicted octanol–water partition coefficient (Wildman–Crippen LogP) is 3.30. The summed E-state index contributed by atoms with van der Waals surface area (Å²) in [5, 5.41) is 1.40. The first-order chi connectivity index (χ1) is 9.29. The minimum absolute atomic E-state index is 0.658. The van der Waals surface area contributed by atoms with E-state index in [4.69, 9.17) is 5.73 Å². The number of benzene rings is 1. The first-order valence-corrected chi connectivity index (χ1v) is 8.78. The van der Waals surface area contributed by atoms with Crippen LogP contribution in [0.2, 0.25) is 0 Å². The van der Waals surface area contributed by atoms with E-state index >= 15 is 0 Å². The fourth-order valence-corrected chi connectivity index (χ4v) is 4.86. The largest absolute Gasteiger partial charge is 0.326 e. The molecule has 1 fully saturated rings. The van der Waals surface area contributed by atoms with E-state index in [1.54, 1.807) is 0 Å². The minimum Gasteiger partial charge on any atom is -0.326 e. The van der Waals surface area contributed by atoms with Gasteiger partial charge in [-0.15, -0.1) is 11.3 Å². The van der Waals surface area contributed by atoms with Crippen molar-refractivity contribution in [1.82, 2.24) is 4.90 Å². The molecule has 0 amide bonds. The molecule has 102 valence electrons. The molecule has 1 atom stereocenters. The average molecular weight is 292 g/mol. The maximum absolute atomic E-state index is 5.94. The van der Waals surface area contributed by atoms with Gasteiger partial charge >= 0.3 is 0 Å². The number of rotatable bonds is 3. The summed E-state index contributed by atoms with van der Waals surface area (Å²) in [5.41, 5.74) is 7.40. The summed E-state index contributed by atoms with van der Waals surface area (Å²) in [6.45, 7) is 5.24. The van der Waals surface area contributed by atoms with Crippen LogP contribution in [0.4, 0.5) is 0 Å². The van der Waals surface area contributed by atoms with Crippen LogP contribution in [0.3, 0.4) is 0 Å². The second kappa shape index (κ2) is 5.83. The summed E-state index contributed by atoms with van der Waals surface area (Å²) in [6.07, 6.45) is 0. The third kappa shape index (κ3) is 2.68. The molecule has 0 aliphatic carbocycles. The van der Waals surface area contributed by atoms with Crippen molar-refractivity contribution in [3.63, 3.8) is 0 Å². The Balaban J connectivity index is 1.94. The highest BCUT2D eigenvalue weighted by Crippen LogP contribution is 2.33. The monoisotopic (exact) mass is 292 g/mol. The van der Waals surface area contributed by atoms with E-state index in [0.29, 0.717) is 12.6 Å². The third-order valence-electron chi connectivity index (χ3n) is 3.83. The lowest BCUT2D eigenvalue weighted by Crippen LogP contribution is -2.39. The van der Waals surface area contributed by atoms with E-state index in [2.05, 4.69) is 47.9 Å². The molecule has 1 unspecified atom stereocenters. The minimum atomic E-state index is 0.658. The zero-order chi connectivity index (χ0) is 13.2. The molecule has 19 heavy (non-hydrogen) atoms. The van der Waals surface area contributed by atoms with Crippen LogP contribution >= 0.6 is 23.1 Å². The number of thiophene rings is 1. The van der Waals surface area contributed by atoms with E-state index in [-0.39, 0.29) is 0 Å². The zero-order valence-electron chi connectivity index (χ0n) is 11.3. The van der Waals surface area contributed by atoms with Crippen molar-refractivity contribution in [2.75, 3.05) is 18.1 Å². The summed E-state index contributed by atoms with van der Waals surface area (Å²) in [7, 11) is 0. The van der Waals surface area contributed by atoms with Crippen LogP contribution in [0.1, 0.15) is 17.4 Å². The molecule has 1 aliphatic rings. The highest BCUT2D eigenvalue weighted by Gasteiger charge is 2.21. The lowest BCUT2D eigenvalue weighted by Gasteiger charge is -2.33. The molecule has 1 aromatic heterocycles. The van der Waals surface area contributed by atoms with Gasteiger partial charge in [0.25, 0.3) is 0 Å². The molecule has 4 heteroatoms. The van der Waals surface area contributed by atoms with E-state index in [0.717, 1.165) is 6.54 Å². The van der Waals surface area contributed by atoms with E-state index < -0.39 is 0 Å². The van der Waals surface area contributed by atoms with Crippen LogP contribution in [0.5, 0.6) is 0 Å². The Morgan fingerprint density at radius 3 is 3.00 bits per heavy atom. The van der Waals surface area contributed by atoms with Gasteiger partial charge in [0.15, 0.2) is 0 Å². The quantitative estimate of drug-likeness (QED) is 0.941. The Morgan fingerprint density at radius 2 is 2.21 bits per heavy atom. The van der Waals surface area contributed by atoms with Crippen LogP contribution in [-0.2, 0) is 13.1 Å². The van der Waals surface area contributed by atoms with Crippen LogP contribution in [0.15, 0.2) is 24.3 Å². The van der Waals surface area contributed by atoms with Crippen LogP contribution in [-0.4, -0.2) is 29.0 Å². The first kappa shape index (κ1) is 13.4. The second-order valence-corrected chi connectivity index (χ2v) is 7.39. The lowest BCUT2D eigenvalue weighted by atomic mass is 10.1. The molecule has 2 aromatic rings. The molecular weight excluding hydrogens is 272 g/mol. The summed E-state index contributed by atoms with van der Waals surface area (Å²) in [6, 6.07) is 9.36. The molecule has 2 nitrogen and oxygen atoms in total. The molecule has 1 aromatic carbocycles. The highest BCUT2D eigenvalue weighted by molar-refractivity contribution is 7.99. The van der Waals surface area contributed by atoms with Gasteiger partial charge in [0.2, 0.25) is 0 Å². The van der Waals surface area contributed by atoms with E-state index in [1.165, 1.54) is 38.6 Å². The summed E-state index contributed by atoms with van der Waals surface area (Å²) < 4.78 is 1.37. The molecule has 0 spiro atoms.